The van der Waals surface area contributed by atoms with Crippen LogP contribution in [0.2, 0.25) is 0 Å². The smallest absolute Gasteiger partial charge is 0.262 e. The highest BCUT2D eigenvalue weighted by molar-refractivity contribution is 6.15. The molecule has 0 spiro atoms. The van der Waals surface area contributed by atoms with E-state index in [0.717, 1.165) is 42.7 Å². The summed E-state index contributed by atoms with van der Waals surface area (Å²) in [6.07, 6.45) is 11.8. The minimum absolute atomic E-state index is 0.150. The second kappa shape index (κ2) is 15.4. The molecule has 6 aromatic heterocycles. The summed E-state index contributed by atoms with van der Waals surface area (Å²) < 4.78 is 35.1. The van der Waals surface area contributed by atoms with Gasteiger partial charge in [0.05, 0.1) is 40.1 Å². The molecule has 2 aliphatic rings. The Morgan fingerprint density at radius 3 is 1.97 bits per heavy atom. The maximum atomic E-state index is 15.2. The van der Waals surface area contributed by atoms with E-state index in [2.05, 4.69) is 51.2 Å². The largest absolute Gasteiger partial charge is 0.369 e. The predicted octanol–water partition coefficient (Wildman–Crippen LogP) is 4.75. The van der Waals surface area contributed by atoms with Crippen molar-refractivity contribution in [2.45, 2.75) is 38.8 Å². The van der Waals surface area contributed by atoms with Crippen LogP contribution in [-0.4, -0.2) is 98.2 Å². The highest BCUT2D eigenvalue weighted by Crippen LogP contribution is 2.36. The number of rotatable bonds is 9. The number of likely N-dealkylation sites (N-methyl/N-ethyl adjacent to an activating group) is 2. The topological polar surface area (TPSA) is 166 Å². The quantitative estimate of drug-likeness (QED) is 0.148. The van der Waals surface area contributed by atoms with Crippen LogP contribution in [0.15, 0.2) is 79.6 Å². The molecule has 2 aromatic carbocycles. The normalized spacial score (nSPS) is 16.7. The summed E-state index contributed by atoms with van der Waals surface area (Å²) in [5.74, 6) is -2.18. The van der Waals surface area contributed by atoms with Gasteiger partial charge in [0.1, 0.15) is 11.2 Å². The highest BCUT2D eigenvalue weighted by Gasteiger charge is 2.33. The maximum Gasteiger partial charge on any atom is 0.262 e. The van der Waals surface area contributed by atoms with Crippen molar-refractivity contribution in [1.29, 1.82) is 0 Å². The Bertz CT molecular complexity index is 3110. The van der Waals surface area contributed by atoms with E-state index in [1.807, 2.05) is 38.5 Å². The number of pyridine rings is 2. The summed E-state index contributed by atoms with van der Waals surface area (Å²) in [5, 5.41) is 27.8. The van der Waals surface area contributed by atoms with Gasteiger partial charge in [0, 0.05) is 109 Å². The third-order valence-corrected chi connectivity index (χ3v) is 11.9. The number of fused-ring (bicyclic) bond motifs is 4. The first-order valence-corrected chi connectivity index (χ1v) is 20.5. The number of aryl methyl sites for hydroxylation is 2. The lowest BCUT2D eigenvalue weighted by Gasteiger charge is -2.22. The van der Waals surface area contributed by atoms with Crippen molar-refractivity contribution in [3.05, 3.63) is 114 Å². The van der Waals surface area contributed by atoms with Crippen molar-refractivity contribution in [2.75, 3.05) is 60.7 Å². The fraction of sp³-hybridized carbons (Fsp3) is 0.273. The molecule has 16 nitrogen and oxygen atoms in total. The van der Waals surface area contributed by atoms with E-state index in [0.29, 0.717) is 52.6 Å². The average molecular weight is 838 g/mol. The average Bonchev–Trinajstić information content (AvgIpc) is 4.09. The number of anilines is 4. The van der Waals surface area contributed by atoms with Gasteiger partial charge in [-0.2, -0.15) is 5.10 Å². The van der Waals surface area contributed by atoms with Crippen LogP contribution in [-0.2, 0) is 0 Å². The van der Waals surface area contributed by atoms with Gasteiger partial charge >= 0.3 is 0 Å². The second-order valence-electron chi connectivity index (χ2n) is 16.0. The predicted molar refractivity (Wildman–Crippen MR) is 231 cm³/mol. The number of carbonyl (C=O) groups excluding carboxylic acids is 2. The fourth-order valence-corrected chi connectivity index (χ4v) is 8.87. The maximum absolute atomic E-state index is 15.2. The molecule has 4 N–H and O–H groups in total. The molecule has 0 bridgehead atoms. The zero-order valence-corrected chi connectivity index (χ0v) is 34.4. The van der Waals surface area contributed by atoms with Crippen molar-refractivity contribution in [3.8, 4) is 5.69 Å². The van der Waals surface area contributed by atoms with E-state index in [1.165, 1.54) is 16.5 Å². The zero-order chi connectivity index (χ0) is 42.8. The minimum atomic E-state index is -0.585. The summed E-state index contributed by atoms with van der Waals surface area (Å²) in [4.78, 5) is 41.7. The Hall–Kier alpha value is -7.18. The summed E-state index contributed by atoms with van der Waals surface area (Å²) in [6, 6.07) is 12.1. The lowest BCUT2D eigenvalue weighted by molar-refractivity contribution is -0.656. The Balaban J connectivity index is 1.13. The number of aromatic nitrogens is 8. The standard InChI is InChI=1S/C44H42F2N14O2/c1-24-18-58-22-28(15-34(45)41(58)50-24)52-43(61)32-5-6-36(56-12-8-26(20-56)47-3)30-10-14-60(55-39(30)32)37-17-33(44(62)53-29-16-35(46)42-51-25(2)19-59(42)23-29)38-31(7-11-49-54-38)40(37)57-13-9-27(21-57)48-4/h5-7,10-11,14-19,22-23,26-27,47-48H,8-9,12-13,20-21H2,1-4H3,(H-,52,53,55,61,62)/p+1/t26-,27+/m1/s1. The van der Waals surface area contributed by atoms with E-state index >= 15 is 8.78 Å². The van der Waals surface area contributed by atoms with Gasteiger partial charge in [-0.05, 0) is 63.7 Å². The van der Waals surface area contributed by atoms with Gasteiger partial charge in [0.2, 0.25) is 6.20 Å². The van der Waals surface area contributed by atoms with E-state index in [-0.39, 0.29) is 39.8 Å². The first-order valence-electron chi connectivity index (χ1n) is 20.5. The van der Waals surface area contributed by atoms with Crippen molar-refractivity contribution < 1.29 is 23.1 Å². The molecule has 10 rings (SSSR count). The van der Waals surface area contributed by atoms with Crippen LogP contribution in [0.25, 0.3) is 38.8 Å². The molecule has 0 radical (unpaired) electrons. The number of carbonyl (C=O) groups is 2. The number of imidazole rings is 2. The van der Waals surface area contributed by atoms with Crippen LogP contribution in [0, 0.1) is 25.5 Å². The monoisotopic (exact) mass is 837 g/mol. The Morgan fingerprint density at radius 2 is 1.34 bits per heavy atom. The molecule has 2 atom stereocenters. The van der Waals surface area contributed by atoms with E-state index in [1.54, 1.807) is 66.0 Å². The Labute approximate surface area is 353 Å². The summed E-state index contributed by atoms with van der Waals surface area (Å²) in [5.41, 5.74) is 5.50. The molecule has 2 saturated heterocycles. The van der Waals surface area contributed by atoms with Gasteiger partial charge in [-0.3, -0.25) is 9.59 Å². The molecule has 2 amide bonds. The summed E-state index contributed by atoms with van der Waals surface area (Å²) in [6.45, 7) is 6.48. The molecule has 8 aromatic rings. The molecule has 0 saturated carbocycles. The van der Waals surface area contributed by atoms with Crippen LogP contribution in [0.1, 0.15) is 44.9 Å². The molecule has 314 valence electrons. The molecule has 0 unspecified atom stereocenters. The summed E-state index contributed by atoms with van der Waals surface area (Å²) >= 11 is 0. The van der Waals surface area contributed by atoms with E-state index < -0.39 is 23.4 Å². The van der Waals surface area contributed by atoms with Crippen LogP contribution in [0.5, 0.6) is 0 Å². The lowest BCUT2D eigenvalue weighted by Crippen LogP contribution is -2.39. The third kappa shape index (κ3) is 6.86. The molecular weight excluding hydrogens is 795 g/mol. The number of nitrogens with one attached hydrogen (secondary N) is 4. The SMILES string of the molecule is CN[C@@H]1CCN(c2ccc(C(=O)Nc3cc(F)c4nc(C)cn4c3)c3n[n+](-c4cc(C(=O)Nc5cc(F)c6nc(C)cn6c5)c5nnccc5c4N4CC[C@H](NC)C4)ccc23)C1. The molecular formula is C44H43F2N14O2+. The van der Waals surface area contributed by atoms with Gasteiger partial charge in [0.25, 0.3) is 17.5 Å². The minimum Gasteiger partial charge on any atom is -0.369 e. The van der Waals surface area contributed by atoms with Crippen LogP contribution in [0.4, 0.5) is 31.5 Å². The van der Waals surface area contributed by atoms with Gasteiger partial charge in [0.15, 0.2) is 28.4 Å². The molecule has 0 aliphatic carbocycles. The zero-order valence-electron chi connectivity index (χ0n) is 34.4. The molecule has 8 heterocycles. The first-order chi connectivity index (χ1) is 30.0. The number of hydrogen-bond donors (Lipinski definition) is 4. The van der Waals surface area contributed by atoms with Crippen molar-refractivity contribution in [1.82, 2.24) is 44.7 Å². The van der Waals surface area contributed by atoms with Gasteiger partial charge < -0.3 is 39.9 Å². The van der Waals surface area contributed by atoms with Crippen molar-refractivity contribution in [3.63, 3.8) is 0 Å². The number of nitrogens with zero attached hydrogens (tertiary/aromatic N) is 10. The van der Waals surface area contributed by atoms with E-state index in [9.17, 15) is 9.59 Å². The Kier molecular flexibility index (Phi) is 9.67. The number of amides is 2. The van der Waals surface area contributed by atoms with Gasteiger partial charge in [-0.15, -0.1) is 5.10 Å². The molecule has 18 heteroatoms. The third-order valence-electron chi connectivity index (χ3n) is 11.9. The highest BCUT2D eigenvalue weighted by atomic mass is 19.1. The second-order valence-corrected chi connectivity index (χ2v) is 16.0. The molecule has 2 aliphatic heterocycles. The Morgan fingerprint density at radius 1 is 0.726 bits per heavy atom. The van der Waals surface area contributed by atoms with Gasteiger partial charge in [-0.25, -0.2) is 18.7 Å². The lowest BCUT2D eigenvalue weighted by atomic mass is 10.0. The van der Waals surface area contributed by atoms with Crippen LogP contribution >= 0.6 is 0 Å². The van der Waals surface area contributed by atoms with Crippen molar-refractivity contribution >= 4 is 67.7 Å². The number of hydrogen-bond acceptors (Lipinski definition) is 11. The van der Waals surface area contributed by atoms with Crippen LogP contribution in [0.3, 0.4) is 0 Å². The van der Waals surface area contributed by atoms with Crippen LogP contribution < -0.4 is 35.7 Å². The van der Waals surface area contributed by atoms with Gasteiger partial charge in [-0.1, -0.05) is 0 Å². The van der Waals surface area contributed by atoms with Crippen molar-refractivity contribution in [2.24, 2.45) is 0 Å². The summed E-state index contributed by atoms with van der Waals surface area (Å²) in [7, 11) is 3.89. The number of halogens is 2. The first kappa shape index (κ1) is 39.0. The number of benzene rings is 2. The van der Waals surface area contributed by atoms with E-state index in [4.69, 9.17) is 5.10 Å². The molecule has 62 heavy (non-hydrogen) atoms. The fourth-order valence-electron chi connectivity index (χ4n) is 8.87. The molecule has 2 fully saturated rings.